The SMILES string of the molecule is CCNc1cc(-n2cnc(C(=O)OC)n2)nc(SC)n1. The van der Waals surface area contributed by atoms with Gasteiger partial charge >= 0.3 is 5.97 Å². The molecule has 0 spiro atoms. The number of anilines is 1. The Morgan fingerprint density at radius 3 is 2.95 bits per heavy atom. The van der Waals surface area contributed by atoms with Gasteiger partial charge in [0.15, 0.2) is 11.0 Å². The maximum atomic E-state index is 11.3. The molecule has 0 aliphatic carbocycles. The molecule has 0 unspecified atom stereocenters. The number of hydrogen-bond donors (Lipinski definition) is 1. The summed E-state index contributed by atoms with van der Waals surface area (Å²) in [7, 11) is 1.28. The van der Waals surface area contributed by atoms with Crippen LogP contribution in [-0.4, -0.2) is 50.6 Å². The standard InChI is InChI=1S/C11H14N6O2S/c1-4-12-7-5-8(15-11(14-7)20-3)17-6-13-9(16-17)10(18)19-2/h5-6H,4H2,1-3H3,(H,12,14,15). The average molecular weight is 294 g/mol. The summed E-state index contributed by atoms with van der Waals surface area (Å²) in [5.41, 5.74) is 0. The Labute approximate surface area is 120 Å². The number of thioether (sulfide) groups is 1. The minimum atomic E-state index is -0.588. The largest absolute Gasteiger partial charge is 0.463 e. The number of hydrogen-bond acceptors (Lipinski definition) is 8. The van der Waals surface area contributed by atoms with Crippen LogP contribution in [0.3, 0.4) is 0 Å². The molecule has 0 saturated carbocycles. The van der Waals surface area contributed by atoms with Crippen molar-refractivity contribution in [1.29, 1.82) is 0 Å². The Morgan fingerprint density at radius 1 is 1.50 bits per heavy atom. The topological polar surface area (TPSA) is 94.8 Å². The van der Waals surface area contributed by atoms with E-state index in [9.17, 15) is 4.79 Å². The molecular weight excluding hydrogens is 280 g/mol. The van der Waals surface area contributed by atoms with E-state index in [1.54, 1.807) is 6.07 Å². The van der Waals surface area contributed by atoms with Crippen molar-refractivity contribution in [1.82, 2.24) is 24.7 Å². The number of aromatic nitrogens is 5. The highest BCUT2D eigenvalue weighted by atomic mass is 32.2. The number of rotatable bonds is 5. The average Bonchev–Trinajstić information content (AvgIpc) is 2.96. The van der Waals surface area contributed by atoms with Crippen molar-refractivity contribution in [3.05, 3.63) is 18.2 Å². The summed E-state index contributed by atoms with van der Waals surface area (Å²) < 4.78 is 5.98. The van der Waals surface area contributed by atoms with E-state index in [0.717, 1.165) is 6.54 Å². The van der Waals surface area contributed by atoms with E-state index in [4.69, 9.17) is 0 Å². The molecule has 20 heavy (non-hydrogen) atoms. The highest BCUT2D eigenvalue weighted by Crippen LogP contribution is 2.16. The van der Waals surface area contributed by atoms with Crippen LogP contribution in [0.1, 0.15) is 17.5 Å². The number of methoxy groups -OCH3 is 1. The van der Waals surface area contributed by atoms with Gasteiger partial charge in [-0.25, -0.2) is 24.4 Å². The van der Waals surface area contributed by atoms with Crippen LogP contribution in [-0.2, 0) is 4.74 Å². The van der Waals surface area contributed by atoms with Crippen molar-refractivity contribution in [3.63, 3.8) is 0 Å². The van der Waals surface area contributed by atoms with Gasteiger partial charge in [0.2, 0.25) is 0 Å². The summed E-state index contributed by atoms with van der Waals surface area (Å²) in [4.78, 5) is 23.9. The lowest BCUT2D eigenvalue weighted by atomic mass is 10.5. The zero-order chi connectivity index (χ0) is 14.5. The third-order valence-corrected chi connectivity index (χ3v) is 2.87. The first-order valence-electron chi connectivity index (χ1n) is 5.85. The number of esters is 1. The first kappa shape index (κ1) is 14.3. The monoisotopic (exact) mass is 294 g/mol. The third-order valence-electron chi connectivity index (χ3n) is 2.33. The van der Waals surface area contributed by atoms with Gasteiger partial charge in [0.25, 0.3) is 5.82 Å². The highest BCUT2D eigenvalue weighted by molar-refractivity contribution is 7.98. The van der Waals surface area contributed by atoms with Crippen LogP contribution in [0.25, 0.3) is 5.82 Å². The van der Waals surface area contributed by atoms with Crippen molar-refractivity contribution in [2.45, 2.75) is 12.1 Å². The van der Waals surface area contributed by atoms with Crippen molar-refractivity contribution in [3.8, 4) is 5.82 Å². The Morgan fingerprint density at radius 2 is 2.30 bits per heavy atom. The Hall–Kier alpha value is -2.16. The first-order valence-corrected chi connectivity index (χ1v) is 7.07. The molecule has 0 saturated heterocycles. The van der Waals surface area contributed by atoms with E-state index in [1.165, 1.54) is 29.9 Å². The van der Waals surface area contributed by atoms with Gasteiger partial charge in [0.05, 0.1) is 7.11 Å². The van der Waals surface area contributed by atoms with E-state index in [2.05, 4.69) is 30.1 Å². The van der Waals surface area contributed by atoms with Crippen LogP contribution in [0, 0.1) is 0 Å². The summed E-state index contributed by atoms with van der Waals surface area (Å²) in [6, 6.07) is 1.74. The van der Waals surface area contributed by atoms with E-state index < -0.39 is 5.97 Å². The molecule has 8 nitrogen and oxygen atoms in total. The number of nitrogens with zero attached hydrogens (tertiary/aromatic N) is 5. The van der Waals surface area contributed by atoms with Crippen LogP contribution in [0.5, 0.6) is 0 Å². The van der Waals surface area contributed by atoms with Gasteiger partial charge in [0.1, 0.15) is 12.1 Å². The number of ether oxygens (including phenoxy) is 1. The molecule has 0 radical (unpaired) electrons. The lowest BCUT2D eigenvalue weighted by molar-refractivity contribution is 0.0587. The maximum absolute atomic E-state index is 11.3. The van der Waals surface area contributed by atoms with Gasteiger partial charge in [-0.15, -0.1) is 5.10 Å². The Bertz CT molecular complexity index is 615. The summed E-state index contributed by atoms with van der Waals surface area (Å²) in [6.45, 7) is 2.72. The van der Waals surface area contributed by atoms with E-state index in [0.29, 0.717) is 16.8 Å². The molecule has 1 N–H and O–H groups in total. The molecule has 2 aromatic heterocycles. The van der Waals surface area contributed by atoms with Crippen molar-refractivity contribution in [2.75, 3.05) is 25.2 Å². The number of carbonyl (C=O) groups is 1. The third kappa shape index (κ3) is 3.05. The normalized spacial score (nSPS) is 10.3. The number of carbonyl (C=O) groups excluding carboxylic acids is 1. The van der Waals surface area contributed by atoms with E-state index >= 15 is 0 Å². The van der Waals surface area contributed by atoms with Crippen LogP contribution in [0.15, 0.2) is 17.6 Å². The van der Waals surface area contributed by atoms with Crippen molar-refractivity contribution >= 4 is 23.5 Å². The molecular formula is C11H14N6O2S. The second-order valence-corrected chi connectivity index (χ2v) is 4.41. The lowest BCUT2D eigenvalue weighted by Crippen LogP contribution is -2.08. The predicted molar refractivity (Wildman–Crippen MR) is 74.2 cm³/mol. The van der Waals surface area contributed by atoms with Gasteiger partial charge in [-0.3, -0.25) is 0 Å². The van der Waals surface area contributed by atoms with E-state index in [-0.39, 0.29) is 5.82 Å². The zero-order valence-corrected chi connectivity index (χ0v) is 12.1. The molecule has 2 heterocycles. The van der Waals surface area contributed by atoms with Gasteiger partial charge in [0, 0.05) is 12.6 Å². The van der Waals surface area contributed by atoms with Crippen molar-refractivity contribution < 1.29 is 9.53 Å². The molecule has 2 rings (SSSR count). The summed E-state index contributed by atoms with van der Waals surface area (Å²) >= 11 is 1.42. The smallest absolute Gasteiger partial charge is 0.377 e. The van der Waals surface area contributed by atoms with Gasteiger partial charge in [-0.2, -0.15) is 0 Å². The van der Waals surface area contributed by atoms with Crippen LogP contribution in [0.2, 0.25) is 0 Å². The van der Waals surface area contributed by atoms with Crippen LogP contribution < -0.4 is 5.32 Å². The fourth-order valence-electron chi connectivity index (χ4n) is 1.45. The molecule has 0 fully saturated rings. The van der Waals surface area contributed by atoms with Gasteiger partial charge < -0.3 is 10.1 Å². The molecule has 0 aliphatic heterocycles. The number of nitrogens with one attached hydrogen (secondary N) is 1. The molecule has 0 amide bonds. The molecule has 2 aromatic rings. The quantitative estimate of drug-likeness (QED) is 0.496. The summed E-state index contributed by atoms with van der Waals surface area (Å²) in [5, 5.41) is 7.75. The van der Waals surface area contributed by atoms with Gasteiger partial charge in [-0.05, 0) is 13.2 Å². The van der Waals surface area contributed by atoms with Crippen LogP contribution >= 0.6 is 11.8 Å². The minimum absolute atomic E-state index is 0.0122. The molecule has 0 bridgehead atoms. The summed E-state index contributed by atoms with van der Waals surface area (Å²) in [6.07, 6.45) is 3.30. The fourth-order valence-corrected chi connectivity index (χ4v) is 1.83. The Kier molecular flexibility index (Phi) is 4.51. The van der Waals surface area contributed by atoms with Gasteiger partial charge in [-0.1, -0.05) is 11.8 Å². The molecule has 0 aromatic carbocycles. The highest BCUT2D eigenvalue weighted by Gasteiger charge is 2.13. The van der Waals surface area contributed by atoms with E-state index in [1.807, 2.05) is 13.2 Å². The summed E-state index contributed by atoms with van der Waals surface area (Å²) in [5.74, 6) is 0.622. The zero-order valence-electron chi connectivity index (χ0n) is 11.3. The second-order valence-electron chi connectivity index (χ2n) is 3.63. The molecule has 0 aliphatic rings. The lowest BCUT2D eigenvalue weighted by Gasteiger charge is -2.06. The molecule has 106 valence electrons. The predicted octanol–water partition coefficient (Wildman–Crippen LogP) is 0.998. The molecule has 0 atom stereocenters. The second kappa shape index (κ2) is 6.33. The Balaban J connectivity index is 2.38. The first-order chi connectivity index (χ1) is 9.67. The molecule has 9 heteroatoms. The minimum Gasteiger partial charge on any atom is -0.463 e. The van der Waals surface area contributed by atoms with Crippen LogP contribution in [0.4, 0.5) is 5.82 Å². The van der Waals surface area contributed by atoms with Crippen molar-refractivity contribution in [2.24, 2.45) is 0 Å². The maximum Gasteiger partial charge on any atom is 0.377 e. The fraction of sp³-hybridized carbons (Fsp3) is 0.364.